The molecule has 0 amide bonds. The van der Waals surface area contributed by atoms with Crippen LogP contribution in [0, 0.1) is 11.6 Å². The number of hydrogen-bond donors (Lipinski definition) is 1. The number of rotatable bonds is 6. The minimum absolute atomic E-state index is 0.00144. The van der Waals surface area contributed by atoms with Gasteiger partial charge in [-0.15, -0.1) is 0 Å². The molecule has 2 aliphatic rings. The molecule has 29 heavy (non-hydrogen) atoms. The van der Waals surface area contributed by atoms with Gasteiger partial charge in [-0.1, -0.05) is 0 Å². The summed E-state index contributed by atoms with van der Waals surface area (Å²) >= 11 is 0. The van der Waals surface area contributed by atoms with Crippen LogP contribution in [-0.4, -0.2) is 36.9 Å². The average molecular weight is 401 g/mol. The number of Topliss-reactive ketones (excluding diaryl/α,β-unsaturated/α-hetero) is 2. The summed E-state index contributed by atoms with van der Waals surface area (Å²) in [6.45, 7) is 0.00288. The highest BCUT2D eigenvalue weighted by Gasteiger charge is 2.28. The summed E-state index contributed by atoms with van der Waals surface area (Å²) in [7, 11) is 0. The first kappa shape index (κ1) is 19.5. The van der Waals surface area contributed by atoms with Gasteiger partial charge in [-0.05, 0) is 73.2 Å². The monoisotopic (exact) mass is 401 g/mol. The van der Waals surface area contributed by atoms with Crippen LogP contribution in [0.3, 0.4) is 0 Å². The fourth-order valence-corrected chi connectivity index (χ4v) is 3.70. The molecule has 2 aromatic rings. The molecule has 2 aliphatic heterocycles. The van der Waals surface area contributed by atoms with Crippen LogP contribution >= 0.6 is 0 Å². The number of ketones is 2. The topological polar surface area (TPSA) is 64.6 Å². The molecule has 0 spiro atoms. The van der Waals surface area contributed by atoms with Crippen molar-refractivity contribution in [3.8, 4) is 11.5 Å². The molecular formula is C22H21F2NO4. The molecule has 2 unspecified atom stereocenters. The first-order valence-corrected chi connectivity index (χ1v) is 9.66. The number of aryl methyl sites for hydroxylation is 2. The fourth-order valence-electron chi connectivity index (χ4n) is 3.70. The predicted octanol–water partition coefficient (Wildman–Crippen LogP) is 2.78. The number of fused-ring (bicyclic) bond motifs is 2. The van der Waals surface area contributed by atoms with Gasteiger partial charge in [-0.25, -0.2) is 8.78 Å². The van der Waals surface area contributed by atoms with E-state index >= 15 is 0 Å². The van der Waals surface area contributed by atoms with E-state index in [1.54, 1.807) is 0 Å². The van der Waals surface area contributed by atoms with Crippen molar-refractivity contribution in [1.82, 2.24) is 5.32 Å². The third-order valence-corrected chi connectivity index (χ3v) is 5.25. The Labute approximate surface area is 167 Å². The van der Waals surface area contributed by atoms with E-state index in [1.807, 2.05) is 0 Å². The van der Waals surface area contributed by atoms with Gasteiger partial charge < -0.3 is 14.8 Å². The van der Waals surface area contributed by atoms with E-state index in [1.165, 1.54) is 36.4 Å². The zero-order valence-corrected chi connectivity index (χ0v) is 15.8. The summed E-state index contributed by atoms with van der Waals surface area (Å²) in [6, 6.07) is 8.52. The lowest BCUT2D eigenvalue weighted by Gasteiger charge is -2.26. The maximum absolute atomic E-state index is 13.3. The lowest BCUT2D eigenvalue weighted by atomic mass is 9.99. The lowest BCUT2D eigenvalue weighted by molar-refractivity contribution is -0.127. The van der Waals surface area contributed by atoms with Gasteiger partial charge in [0, 0.05) is 0 Å². The smallest absolute Gasteiger partial charge is 0.186 e. The highest BCUT2D eigenvalue weighted by atomic mass is 19.1. The Kier molecular flexibility index (Phi) is 5.58. The van der Waals surface area contributed by atoms with Gasteiger partial charge in [0.1, 0.15) is 23.1 Å². The number of hydrogen-bond acceptors (Lipinski definition) is 5. The molecule has 0 aliphatic carbocycles. The maximum atomic E-state index is 13.3. The van der Waals surface area contributed by atoms with Gasteiger partial charge in [0.25, 0.3) is 0 Å². The summed E-state index contributed by atoms with van der Waals surface area (Å²) in [5.74, 6) is 0.0943. The molecule has 4 rings (SSSR count). The summed E-state index contributed by atoms with van der Waals surface area (Å²) in [5, 5.41) is 2.87. The summed E-state index contributed by atoms with van der Waals surface area (Å²) in [4.78, 5) is 24.8. The normalized spacial score (nSPS) is 20.1. The van der Waals surface area contributed by atoms with Gasteiger partial charge in [-0.2, -0.15) is 0 Å². The van der Waals surface area contributed by atoms with Crippen LogP contribution in [0.5, 0.6) is 11.5 Å². The second kappa shape index (κ2) is 8.29. The van der Waals surface area contributed by atoms with E-state index in [4.69, 9.17) is 9.47 Å². The number of halogens is 2. The Morgan fingerprint density at radius 2 is 1.28 bits per heavy atom. The lowest BCUT2D eigenvalue weighted by Crippen LogP contribution is -2.42. The van der Waals surface area contributed by atoms with Crippen molar-refractivity contribution in [2.24, 2.45) is 0 Å². The third-order valence-electron chi connectivity index (χ3n) is 5.25. The van der Waals surface area contributed by atoms with Crippen molar-refractivity contribution in [3.05, 3.63) is 59.2 Å². The van der Waals surface area contributed by atoms with Crippen molar-refractivity contribution in [2.45, 2.75) is 37.9 Å². The molecule has 0 aromatic heterocycles. The van der Waals surface area contributed by atoms with Crippen LogP contribution in [0.4, 0.5) is 8.78 Å². The van der Waals surface area contributed by atoms with Gasteiger partial charge in [0.05, 0.1) is 13.1 Å². The van der Waals surface area contributed by atoms with E-state index in [0.29, 0.717) is 37.2 Å². The summed E-state index contributed by atoms with van der Waals surface area (Å²) < 4.78 is 37.9. The zero-order chi connectivity index (χ0) is 20.4. The Morgan fingerprint density at radius 3 is 1.72 bits per heavy atom. The molecule has 2 aromatic carbocycles. The van der Waals surface area contributed by atoms with Crippen LogP contribution < -0.4 is 14.8 Å². The number of benzene rings is 2. The first-order chi connectivity index (χ1) is 14.0. The molecule has 0 saturated heterocycles. The van der Waals surface area contributed by atoms with Crippen molar-refractivity contribution >= 4 is 11.6 Å². The fraction of sp³-hybridized carbons (Fsp3) is 0.364. The van der Waals surface area contributed by atoms with E-state index in [2.05, 4.69) is 5.32 Å². The largest absolute Gasteiger partial charge is 0.482 e. The van der Waals surface area contributed by atoms with Gasteiger partial charge >= 0.3 is 0 Å². The molecule has 0 saturated carbocycles. The Bertz CT molecular complexity index is 871. The molecule has 0 bridgehead atoms. The molecule has 5 nitrogen and oxygen atoms in total. The molecular weight excluding hydrogens is 380 g/mol. The first-order valence-electron chi connectivity index (χ1n) is 9.66. The Balaban J connectivity index is 1.25. The highest BCUT2D eigenvalue weighted by Crippen LogP contribution is 2.29. The maximum Gasteiger partial charge on any atom is 0.186 e. The van der Waals surface area contributed by atoms with E-state index in [-0.39, 0.29) is 36.3 Å². The molecule has 7 heteroatoms. The number of carbonyl (C=O) groups excluding carboxylic acids is 2. The number of nitrogens with one attached hydrogen (secondary N) is 1. The highest BCUT2D eigenvalue weighted by molar-refractivity contribution is 5.88. The summed E-state index contributed by atoms with van der Waals surface area (Å²) in [6.07, 6.45) is 0.872. The number of carbonyl (C=O) groups is 2. The Morgan fingerprint density at radius 1 is 0.828 bits per heavy atom. The second-order valence-corrected chi connectivity index (χ2v) is 7.33. The molecule has 1 N–H and O–H groups in total. The van der Waals surface area contributed by atoms with Gasteiger partial charge in [0.15, 0.2) is 23.8 Å². The van der Waals surface area contributed by atoms with Crippen molar-refractivity contribution in [1.29, 1.82) is 0 Å². The Hall–Kier alpha value is -2.80. The van der Waals surface area contributed by atoms with Crippen molar-refractivity contribution in [3.63, 3.8) is 0 Å². The average Bonchev–Trinajstić information content (AvgIpc) is 2.72. The molecule has 2 heterocycles. The van der Waals surface area contributed by atoms with Gasteiger partial charge in [0.2, 0.25) is 0 Å². The van der Waals surface area contributed by atoms with Crippen LogP contribution in [0.25, 0.3) is 0 Å². The van der Waals surface area contributed by atoms with Crippen LogP contribution in [0.15, 0.2) is 36.4 Å². The molecule has 0 radical (unpaired) electrons. The zero-order valence-electron chi connectivity index (χ0n) is 15.8. The second-order valence-electron chi connectivity index (χ2n) is 7.33. The van der Waals surface area contributed by atoms with Crippen LogP contribution in [0.2, 0.25) is 0 Å². The van der Waals surface area contributed by atoms with Crippen LogP contribution in [-0.2, 0) is 22.4 Å². The number of ether oxygens (including phenoxy) is 2. The van der Waals surface area contributed by atoms with Crippen LogP contribution in [0.1, 0.15) is 24.0 Å². The SMILES string of the molecule is O=C(CNCC(=O)C1CCc2cc(F)ccc2O1)C1CCc2cc(F)ccc2O1. The minimum Gasteiger partial charge on any atom is -0.482 e. The third kappa shape index (κ3) is 4.45. The minimum atomic E-state index is -0.608. The molecule has 2 atom stereocenters. The van der Waals surface area contributed by atoms with Crippen molar-refractivity contribution < 1.29 is 27.8 Å². The van der Waals surface area contributed by atoms with Crippen molar-refractivity contribution in [2.75, 3.05) is 13.1 Å². The molecule has 0 fully saturated rings. The molecule has 152 valence electrons. The van der Waals surface area contributed by atoms with E-state index < -0.39 is 12.2 Å². The van der Waals surface area contributed by atoms with Gasteiger partial charge in [-0.3, -0.25) is 9.59 Å². The predicted molar refractivity (Wildman–Crippen MR) is 101 cm³/mol. The quantitative estimate of drug-likeness (QED) is 0.807. The van der Waals surface area contributed by atoms with E-state index in [0.717, 1.165) is 11.1 Å². The summed E-state index contributed by atoms with van der Waals surface area (Å²) in [5.41, 5.74) is 1.51. The standard InChI is InChI=1S/C22H21F2NO4/c23-15-3-7-19-13(9-15)1-5-21(28-19)17(26)11-25-12-18(27)22-6-2-14-10-16(24)4-8-20(14)29-22/h3-4,7-10,21-22,25H,1-2,5-6,11-12H2. The van der Waals surface area contributed by atoms with E-state index in [9.17, 15) is 18.4 Å².